The predicted molar refractivity (Wildman–Crippen MR) is 96.1 cm³/mol. The van der Waals surface area contributed by atoms with Crippen LogP contribution in [0, 0.1) is 0 Å². The summed E-state index contributed by atoms with van der Waals surface area (Å²) in [5.74, 6) is -0.132. The number of nitrogens with one attached hydrogen (secondary N) is 1. The molecule has 2 N–H and O–H groups in total. The number of alkyl halides is 6. The molecule has 0 amide bonds. The van der Waals surface area contributed by atoms with E-state index in [0.29, 0.717) is 0 Å². The van der Waals surface area contributed by atoms with E-state index < -0.39 is 23.5 Å². The minimum atomic E-state index is -4.68. The van der Waals surface area contributed by atoms with E-state index >= 15 is 0 Å². The van der Waals surface area contributed by atoms with Gasteiger partial charge in [-0.25, -0.2) is 0 Å². The van der Waals surface area contributed by atoms with Crippen molar-refractivity contribution in [3.63, 3.8) is 0 Å². The first-order valence-electron chi connectivity index (χ1n) is 8.77. The molecule has 166 valence electrons. The van der Waals surface area contributed by atoms with Gasteiger partial charge < -0.3 is 19.7 Å². The number of rotatable bonds is 7. The van der Waals surface area contributed by atoms with Gasteiger partial charge in [0, 0.05) is 11.3 Å². The molecule has 0 aliphatic rings. The number of halogens is 6. The normalized spacial score (nSPS) is 12.1. The van der Waals surface area contributed by atoms with Gasteiger partial charge in [0.1, 0.15) is 12.4 Å². The van der Waals surface area contributed by atoms with E-state index in [-0.39, 0.29) is 48.5 Å². The highest BCUT2D eigenvalue weighted by Gasteiger charge is 2.34. The van der Waals surface area contributed by atoms with Gasteiger partial charge in [-0.2, -0.15) is 31.3 Å². The van der Waals surface area contributed by atoms with Crippen molar-refractivity contribution >= 4 is 5.69 Å². The molecular formula is C19H15F6N3O3. The molecule has 0 radical (unpaired) electrons. The maximum absolute atomic E-state index is 13.3. The van der Waals surface area contributed by atoms with Crippen molar-refractivity contribution in [2.75, 3.05) is 18.5 Å². The zero-order chi connectivity index (χ0) is 22.6. The minimum absolute atomic E-state index is 0.00526. The average molecular weight is 447 g/mol. The summed E-state index contributed by atoms with van der Waals surface area (Å²) in [5.41, 5.74) is -1.85. The van der Waals surface area contributed by atoms with Crippen LogP contribution in [0.4, 0.5) is 32.0 Å². The number of anilines is 1. The van der Waals surface area contributed by atoms with Crippen LogP contribution >= 0.6 is 0 Å². The molecule has 31 heavy (non-hydrogen) atoms. The van der Waals surface area contributed by atoms with Gasteiger partial charge in [-0.15, -0.1) is 0 Å². The van der Waals surface area contributed by atoms with Gasteiger partial charge in [-0.05, 0) is 30.3 Å². The number of aliphatic hydroxyl groups excluding tert-OH is 1. The Kier molecular flexibility index (Phi) is 6.39. The van der Waals surface area contributed by atoms with Crippen LogP contribution in [-0.2, 0) is 18.9 Å². The van der Waals surface area contributed by atoms with E-state index in [2.05, 4.69) is 15.5 Å². The Morgan fingerprint density at radius 2 is 1.68 bits per heavy atom. The lowest BCUT2D eigenvalue weighted by Crippen LogP contribution is -2.12. The van der Waals surface area contributed by atoms with Crippen molar-refractivity contribution in [2.24, 2.45) is 0 Å². The van der Waals surface area contributed by atoms with E-state index in [0.717, 1.165) is 36.4 Å². The Bertz CT molecular complexity index is 1020. The molecule has 3 rings (SSSR count). The highest BCUT2D eigenvalue weighted by Crippen LogP contribution is 2.37. The largest absolute Gasteiger partial charge is 0.491 e. The summed E-state index contributed by atoms with van der Waals surface area (Å²) in [6.45, 7) is -0.758. The second-order valence-electron chi connectivity index (χ2n) is 6.22. The Hall–Kier alpha value is -3.28. The van der Waals surface area contributed by atoms with Crippen LogP contribution < -0.4 is 10.1 Å². The summed E-state index contributed by atoms with van der Waals surface area (Å²) >= 11 is 0. The van der Waals surface area contributed by atoms with Crippen LogP contribution in [-0.4, -0.2) is 28.5 Å². The van der Waals surface area contributed by atoms with Gasteiger partial charge in [0.2, 0.25) is 11.7 Å². The molecule has 1 heterocycles. The van der Waals surface area contributed by atoms with E-state index in [9.17, 15) is 26.3 Å². The molecule has 0 atom stereocenters. The second-order valence-corrected chi connectivity index (χ2v) is 6.22. The lowest BCUT2D eigenvalue weighted by Gasteiger charge is -2.15. The van der Waals surface area contributed by atoms with Crippen molar-refractivity contribution in [2.45, 2.75) is 18.9 Å². The number of nitrogens with zero attached hydrogens (tertiary/aromatic N) is 2. The topological polar surface area (TPSA) is 80.4 Å². The van der Waals surface area contributed by atoms with Crippen LogP contribution in [0.2, 0.25) is 0 Å². The first kappa shape index (κ1) is 22.4. The molecule has 0 saturated carbocycles. The van der Waals surface area contributed by atoms with Crippen molar-refractivity contribution in [1.29, 1.82) is 0 Å². The molecular weight excluding hydrogens is 432 g/mol. The summed E-state index contributed by atoms with van der Waals surface area (Å²) in [6, 6.07) is 7.30. The minimum Gasteiger partial charge on any atom is -0.491 e. The fourth-order valence-corrected chi connectivity index (χ4v) is 2.59. The van der Waals surface area contributed by atoms with E-state index in [4.69, 9.17) is 14.4 Å². The summed E-state index contributed by atoms with van der Waals surface area (Å²) < 4.78 is 87.9. The summed E-state index contributed by atoms with van der Waals surface area (Å²) in [5, 5.41) is 14.9. The van der Waals surface area contributed by atoms with Crippen molar-refractivity contribution in [3.8, 4) is 17.1 Å². The molecule has 6 nitrogen and oxygen atoms in total. The SMILES string of the molecule is OCCOc1ccc(NCc2nc(-c3ccc(C(F)(F)F)cc3)no2)c(C(F)(F)F)c1. The monoisotopic (exact) mass is 447 g/mol. The molecule has 0 fully saturated rings. The highest BCUT2D eigenvalue weighted by molar-refractivity contribution is 5.57. The first-order chi connectivity index (χ1) is 14.6. The lowest BCUT2D eigenvalue weighted by atomic mass is 10.1. The average Bonchev–Trinajstić information content (AvgIpc) is 3.19. The maximum Gasteiger partial charge on any atom is 0.418 e. The number of ether oxygens (including phenoxy) is 1. The molecule has 0 saturated heterocycles. The Labute approximate surface area is 171 Å². The number of hydrogen-bond acceptors (Lipinski definition) is 6. The molecule has 0 aliphatic carbocycles. The number of hydrogen-bond donors (Lipinski definition) is 2. The second kappa shape index (κ2) is 8.84. The molecule has 0 spiro atoms. The lowest BCUT2D eigenvalue weighted by molar-refractivity contribution is -0.138. The van der Waals surface area contributed by atoms with Gasteiger partial charge in [0.15, 0.2) is 0 Å². The summed E-state index contributed by atoms with van der Waals surface area (Å²) in [7, 11) is 0. The quantitative estimate of drug-likeness (QED) is 0.509. The van der Waals surface area contributed by atoms with Gasteiger partial charge in [0.05, 0.1) is 24.3 Å². The smallest absolute Gasteiger partial charge is 0.418 e. The van der Waals surface area contributed by atoms with Gasteiger partial charge in [0.25, 0.3) is 0 Å². The van der Waals surface area contributed by atoms with Crippen molar-refractivity contribution in [1.82, 2.24) is 10.1 Å². The van der Waals surface area contributed by atoms with Crippen molar-refractivity contribution in [3.05, 3.63) is 59.5 Å². The molecule has 0 aliphatic heterocycles. The molecule has 12 heteroatoms. The zero-order valence-electron chi connectivity index (χ0n) is 15.6. The van der Waals surface area contributed by atoms with E-state index in [1.807, 2.05) is 0 Å². The van der Waals surface area contributed by atoms with Crippen LogP contribution in [0.1, 0.15) is 17.0 Å². The fraction of sp³-hybridized carbons (Fsp3) is 0.263. The Balaban J connectivity index is 1.73. The first-order valence-corrected chi connectivity index (χ1v) is 8.77. The van der Waals surface area contributed by atoms with E-state index in [1.54, 1.807) is 0 Å². The molecule has 3 aromatic rings. The van der Waals surface area contributed by atoms with Crippen LogP contribution in [0.25, 0.3) is 11.4 Å². The van der Waals surface area contributed by atoms with Crippen LogP contribution in [0.3, 0.4) is 0 Å². The van der Waals surface area contributed by atoms with E-state index in [1.165, 1.54) is 6.07 Å². The predicted octanol–water partition coefficient (Wildman–Crippen LogP) is 4.76. The third kappa shape index (κ3) is 5.66. The van der Waals surface area contributed by atoms with Gasteiger partial charge >= 0.3 is 12.4 Å². The third-order valence-corrected chi connectivity index (χ3v) is 4.03. The van der Waals surface area contributed by atoms with Gasteiger partial charge in [-0.1, -0.05) is 17.3 Å². The number of benzene rings is 2. The number of aromatic nitrogens is 2. The molecule has 0 bridgehead atoms. The molecule has 1 aromatic heterocycles. The standard InChI is InChI=1S/C19H15F6N3O3/c20-18(21,22)12-3-1-11(2-4-12)17-27-16(31-28-17)10-26-15-6-5-13(30-8-7-29)9-14(15)19(23,24)25/h1-6,9,26,29H,7-8,10H2. The zero-order valence-corrected chi connectivity index (χ0v) is 15.6. The Morgan fingerprint density at radius 3 is 2.29 bits per heavy atom. The molecule has 0 unspecified atom stereocenters. The van der Waals surface area contributed by atoms with Crippen LogP contribution in [0.5, 0.6) is 5.75 Å². The number of aliphatic hydroxyl groups is 1. The molecule has 2 aromatic carbocycles. The van der Waals surface area contributed by atoms with Crippen LogP contribution in [0.15, 0.2) is 47.0 Å². The van der Waals surface area contributed by atoms with Gasteiger partial charge in [-0.3, -0.25) is 0 Å². The summed E-state index contributed by atoms with van der Waals surface area (Å²) in [6.07, 6.45) is -9.17. The fourth-order valence-electron chi connectivity index (χ4n) is 2.59. The third-order valence-electron chi connectivity index (χ3n) is 4.03. The highest BCUT2D eigenvalue weighted by atomic mass is 19.4. The summed E-state index contributed by atoms with van der Waals surface area (Å²) in [4.78, 5) is 3.98. The van der Waals surface area contributed by atoms with Crippen molar-refractivity contribution < 1.29 is 40.7 Å². The Morgan fingerprint density at radius 1 is 0.968 bits per heavy atom. The maximum atomic E-state index is 13.3.